The molecular weight excluding hydrogens is 328 g/mol. The number of rotatable bonds is 5. The first-order chi connectivity index (χ1) is 12.4. The van der Waals surface area contributed by atoms with Crippen LogP contribution in [-0.2, 0) is 25.5 Å². The molecule has 0 atom stereocenters. The third kappa shape index (κ3) is 3.50. The van der Waals surface area contributed by atoms with E-state index in [1.807, 2.05) is 30.3 Å². The van der Waals surface area contributed by atoms with Crippen molar-refractivity contribution in [2.45, 2.75) is 52.2 Å². The number of fused-ring (bicyclic) bond motifs is 3. The Kier molecular flexibility index (Phi) is 5.12. The van der Waals surface area contributed by atoms with E-state index in [4.69, 9.17) is 9.47 Å². The van der Waals surface area contributed by atoms with Gasteiger partial charge in [0.2, 0.25) is 0 Å². The fourth-order valence-corrected chi connectivity index (χ4v) is 3.40. The van der Waals surface area contributed by atoms with E-state index in [-0.39, 0.29) is 12.2 Å². The van der Waals surface area contributed by atoms with Crippen LogP contribution in [0.25, 0.3) is 11.1 Å². The largest absolute Gasteiger partial charge is 0.462 e. The molecule has 0 heterocycles. The van der Waals surface area contributed by atoms with Crippen LogP contribution in [0.2, 0.25) is 0 Å². The summed E-state index contributed by atoms with van der Waals surface area (Å²) in [5, 5.41) is 0. The molecule has 0 aromatic heterocycles. The normalized spacial score (nSPS) is 12.3. The van der Waals surface area contributed by atoms with Gasteiger partial charge in [0.15, 0.2) is 5.92 Å². The van der Waals surface area contributed by atoms with Crippen molar-refractivity contribution < 1.29 is 19.1 Å². The highest BCUT2D eigenvalue weighted by molar-refractivity contribution is 6.02. The van der Waals surface area contributed by atoms with Gasteiger partial charge in [-0.3, -0.25) is 9.59 Å². The van der Waals surface area contributed by atoms with Crippen molar-refractivity contribution in [1.82, 2.24) is 0 Å². The Morgan fingerprint density at radius 2 is 1.38 bits per heavy atom. The standard InChI is InChI=1S/C22H24O4/c1-13(2)25-21(23)20(22(24)26-14(3)4)18-11-7-10-17-16-9-6-5-8-15(16)12-19(17)18/h5-11,13-14,20H,12H2,1-4H3. The van der Waals surface area contributed by atoms with Gasteiger partial charge >= 0.3 is 11.9 Å². The summed E-state index contributed by atoms with van der Waals surface area (Å²) in [6.45, 7) is 7.09. The molecule has 2 aromatic rings. The quantitative estimate of drug-likeness (QED) is 0.509. The molecule has 4 heteroatoms. The van der Waals surface area contributed by atoms with E-state index >= 15 is 0 Å². The second kappa shape index (κ2) is 7.32. The van der Waals surface area contributed by atoms with Crippen LogP contribution in [0.4, 0.5) is 0 Å². The van der Waals surface area contributed by atoms with Crippen molar-refractivity contribution in [1.29, 1.82) is 0 Å². The Morgan fingerprint density at radius 1 is 0.808 bits per heavy atom. The molecule has 3 rings (SSSR count). The third-order valence-electron chi connectivity index (χ3n) is 4.37. The van der Waals surface area contributed by atoms with E-state index in [2.05, 4.69) is 12.1 Å². The highest BCUT2D eigenvalue weighted by Gasteiger charge is 2.36. The average molecular weight is 352 g/mol. The van der Waals surface area contributed by atoms with Crippen LogP contribution in [-0.4, -0.2) is 24.1 Å². The first-order valence-electron chi connectivity index (χ1n) is 8.99. The Morgan fingerprint density at radius 3 is 2.00 bits per heavy atom. The summed E-state index contributed by atoms with van der Waals surface area (Å²) >= 11 is 0. The Labute approximate surface area is 154 Å². The van der Waals surface area contributed by atoms with E-state index in [1.54, 1.807) is 27.7 Å². The van der Waals surface area contributed by atoms with Crippen molar-refractivity contribution in [3.05, 3.63) is 59.2 Å². The average Bonchev–Trinajstić information content (AvgIpc) is 2.93. The lowest BCUT2D eigenvalue weighted by atomic mass is 9.91. The van der Waals surface area contributed by atoms with Gasteiger partial charge in [-0.25, -0.2) is 0 Å². The van der Waals surface area contributed by atoms with Crippen LogP contribution < -0.4 is 0 Å². The molecule has 0 fully saturated rings. The molecule has 4 nitrogen and oxygen atoms in total. The highest BCUT2D eigenvalue weighted by Crippen LogP contribution is 2.40. The summed E-state index contributed by atoms with van der Waals surface area (Å²) in [6, 6.07) is 13.9. The SMILES string of the molecule is CC(C)OC(=O)C(C(=O)OC(C)C)c1cccc2c1Cc1ccccc1-2. The Balaban J connectivity index is 2.05. The number of esters is 2. The second-order valence-electron chi connectivity index (χ2n) is 7.11. The minimum atomic E-state index is -1.07. The highest BCUT2D eigenvalue weighted by atomic mass is 16.6. The Bertz CT molecular complexity index is 814. The maximum atomic E-state index is 12.7. The summed E-state index contributed by atoms with van der Waals surface area (Å²) in [5.74, 6) is -2.19. The van der Waals surface area contributed by atoms with Gasteiger partial charge in [0, 0.05) is 0 Å². The molecule has 0 saturated heterocycles. The molecular formula is C22H24O4. The molecule has 0 unspecified atom stereocenters. The smallest absolute Gasteiger partial charge is 0.325 e. The van der Waals surface area contributed by atoms with Gasteiger partial charge in [-0.1, -0.05) is 42.5 Å². The van der Waals surface area contributed by atoms with Crippen LogP contribution in [0.3, 0.4) is 0 Å². The van der Waals surface area contributed by atoms with Crippen molar-refractivity contribution in [2.24, 2.45) is 0 Å². The van der Waals surface area contributed by atoms with Crippen LogP contribution in [0.15, 0.2) is 42.5 Å². The second-order valence-corrected chi connectivity index (χ2v) is 7.11. The lowest BCUT2D eigenvalue weighted by Gasteiger charge is -2.20. The van der Waals surface area contributed by atoms with Crippen LogP contribution in [0.1, 0.15) is 50.3 Å². The van der Waals surface area contributed by atoms with E-state index in [0.717, 1.165) is 16.7 Å². The minimum absolute atomic E-state index is 0.300. The van der Waals surface area contributed by atoms with Gasteiger partial charge in [0.05, 0.1) is 12.2 Å². The number of hydrogen-bond donors (Lipinski definition) is 0. The summed E-state index contributed by atoms with van der Waals surface area (Å²) in [4.78, 5) is 25.5. The molecule has 0 amide bonds. The molecule has 0 radical (unpaired) electrons. The summed E-state index contributed by atoms with van der Waals surface area (Å²) in [7, 11) is 0. The molecule has 0 bridgehead atoms. The van der Waals surface area contributed by atoms with Crippen molar-refractivity contribution in [3.63, 3.8) is 0 Å². The van der Waals surface area contributed by atoms with Crippen molar-refractivity contribution in [3.8, 4) is 11.1 Å². The number of benzene rings is 2. The van der Waals surface area contributed by atoms with Crippen molar-refractivity contribution >= 4 is 11.9 Å². The summed E-state index contributed by atoms with van der Waals surface area (Å²) in [5.41, 5.74) is 5.09. The fraction of sp³-hybridized carbons (Fsp3) is 0.364. The fourth-order valence-electron chi connectivity index (χ4n) is 3.40. The zero-order chi connectivity index (χ0) is 18.8. The zero-order valence-corrected chi connectivity index (χ0v) is 15.6. The molecule has 2 aromatic carbocycles. The molecule has 1 aliphatic rings. The predicted octanol–water partition coefficient (Wildman–Crippen LogP) is 4.24. The third-order valence-corrected chi connectivity index (χ3v) is 4.37. The minimum Gasteiger partial charge on any atom is -0.462 e. The van der Waals surface area contributed by atoms with Crippen LogP contribution in [0, 0.1) is 0 Å². The summed E-state index contributed by atoms with van der Waals surface area (Å²) in [6.07, 6.45) is 0.0962. The van der Waals surface area contributed by atoms with E-state index < -0.39 is 17.9 Å². The van der Waals surface area contributed by atoms with Gasteiger partial charge in [-0.2, -0.15) is 0 Å². The maximum absolute atomic E-state index is 12.7. The number of hydrogen-bond acceptors (Lipinski definition) is 4. The van der Waals surface area contributed by atoms with Gasteiger partial charge in [0.1, 0.15) is 0 Å². The van der Waals surface area contributed by atoms with Gasteiger partial charge in [-0.15, -0.1) is 0 Å². The van der Waals surface area contributed by atoms with Crippen LogP contribution in [0.5, 0.6) is 0 Å². The molecule has 136 valence electrons. The Hall–Kier alpha value is -2.62. The predicted molar refractivity (Wildman–Crippen MR) is 99.9 cm³/mol. The first kappa shape index (κ1) is 18.2. The van der Waals surface area contributed by atoms with Gasteiger partial charge in [0.25, 0.3) is 0 Å². The molecule has 0 spiro atoms. The zero-order valence-electron chi connectivity index (χ0n) is 15.6. The monoisotopic (exact) mass is 352 g/mol. The number of ether oxygens (including phenoxy) is 2. The molecule has 26 heavy (non-hydrogen) atoms. The molecule has 0 N–H and O–H groups in total. The van der Waals surface area contributed by atoms with E-state index in [0.29, 0.717) is 12.0 Å². The number of carbonyl (C=O) groups excluding carboxylic acids is 2. The lowest BCUT2D eigenvalue weighted by Crippen LogP contribution is -2.30. The van der Waals surface area contributed by atoms with E-state index in [9.17, 15) is 9.59 Å². The summed E-state index contributed by atoms with van der Waals surface area (Å²) < 4.78 is 10.7. The molecule has 1 aliphatic carbocycles. The van der Waals surface area contributed by atoms with Crippen molar-refractivity contribution in [2.75, 3.05) is 0 Å². The molecule has 0 saturated carbocycles. The van der Waals surface area contributed by atoms with Gasteiger partial charge < -0.3 is 9.47 Å². The number of carbonyl (C=O) groups is 2. The first-order valence-corrected chi connectivity index (χ1v) is 8.99. The van der Waals surface area contributed by atoms with Gasteiger partial charge in [-0.05, 0) is 61.9 Å². The van der Waals surface area contributed by atoms with E-state index in [1.165, 1.54) is 5.56 Å². The van der Waals surface area contributed by atoms with Crippen LogP contribution >= 0.6 is 0 Å². The maximum Gasteiger partial charge on any atom is 0.325 e. The molecule has 0 aliphatic heterocycles. The topological polar surface area (TPSA) is 52.6 Å². The lowest BCUT2D eigenvalue weighted by molar-refractivity contribution is -0.161.